The predicted molar refractivity (Wildman–Crippen MR) is 76.8 cm³/mol. The zero-order valence-electron chi connectivity index (χ0n) is 11.1. The molecule has 1 saturated heterocycles. The van der Waals surface area contributed by atoms with Gasteiger partial charge in [0.1, 0.15) is 7.85 Å². The van der Waals surface area contributed by atoms with E-state index in [1.54, 1.807) is 0 Å². The van der Waals surface area contributed by atoms with Crippen molar-refractivity contribution < 1.29 is 0 Å². The third kappa shape index (κ3) is 2.29. The Balaban J connectivity index is 2.08. The summed E-state index contributed by atoms with van der Waals surface area (Å²) in [6, 6.07) is 0.586. The number of hydrogen-bond acceptors (Lipinski definition) is 1. The first kappa shape index (κ1) is 12.4. The van der Waals surface area contributed by atoms with E-state index in [9.17, 15) is 0 Å². The van der Waals surface area contributed by atoms with Gasteiger partial charge in [0.15, 0.2) is 0 Å². The van der Waals surface area contributed by atoms with Crippen LogP contribution in [0.15, 0.2) is 0 Å². The summed E-state index contributed by atoms with van der Waals surface area (Å²) < 4.78 is 0. The zero-order valence-corrected chi connectivity index (χ0v) is 11.9. The van der Waals surface area contributed by atoms with E-state index >= 15 is 0 Å². The van der Waals surface area contributed by atoms with Crippen molar-refractivity contribution in [2.45, 2.75) is 57.8 Å². The average Bonchev–Trinajstić information content (AvgIpc) is 2.15. The molecule has 1 aliphatic carbocycles. The fourth-order valence-corrected chi connectivity index (χ4v) is 4.12. The lowest BCUT2D eigenvalue weighted by Crippen LogP contribution is -2.49. The molecule has 0 aromatic heterocycles. The number of hydrogen-bond donors (Lipinski definition) is 0. The molecule has 0 aromatic carbocycles. The fraction of sp³-hybridized carbons (Fsp3) is 0.923. The number of thiocarbonyl (C=S) groups is 1. The largest absolute Gasteiger partial charge is 0.363 e. The Labute approximate surface area is 106 Å². The topological polar surface area (TPSA) is 3.24 Å². The molecule has 2 aliphatic rings. The first-order chi connectivity index (χ1) is 7.41. The molecule has 3 heteroatoms. The predicted octanol–water partition coefficient (Wildman–Crippen LogP) is 2.66. The van der Waals surface area contributed by atoms with Crippen molar-refractivity contribution in [3.8, 4) is 0 Å². The third-order valence-electron chi connectivity index (χ3n) is 4.48. The van der Waals surface area contributed by atoms with Gasteiger partial charge < -0.3 is 4.90 Å². The van der Waals surface area contributed by atoms with Crippen LogP contribution in [0.1, 0.15) is 46.5 Å². The standard InChI is InChI=1S/C13H24BNS/c1-9(2)15-7-5-10-8-13(3,14)6-4-11(10)12(15)16/h9-11H,4-8,14H2,1-3H3. The van der Waals surface area contributed by atoms with Gasteiger partial charge in [0.05, 0.1) is 4.99 Å². The van der Waals surface area contributed by atoms with Crippen LogP contribution in [0, 0.1) is 11.8 Å². The molecule has 1 nitrogen and oxygen atoms in total. The van der Waals surface area contributed by atoms with Crippen LogP contribution in [0.4, 0.5) is 0 Å². The molecule has 1 aliphatic heterocycles. The van der Waals surface area contributed by atoms with E-state index in [1.165, 1.54) is 37.2 Å². The Hall–Kier alpha value is -0.0451. The highest BCUT2D eigenvalue weighted by Crippen LogP contribution is 2.48. The second-order valence-electron chi connectivity index (χ2n) is 6.69. The lowest BCUT2D eigenvalue weighted by atomic mass is 9.55. The zero-order chi connectivity index (χ0) is 11.9. The molecule has 3 atom stereocenters. The monoisotopic (exact) mass is 237 g/mol. The van der Waals surface area contributed by atoms with Gasteiger partial charge in [-0.1, -0.05) is 37.3 Å². The van der Waals surface area contributed by atoms with Crippen LogP contribution < -0.4 is 0 Å². The number of piperidine rings is 1. The molecular weight excluding hydrogens is 213 g/mol. The van der Waals surface area contributed by atoms with Crippen LogP contribution >= 0.6 is 12.2 Å². The van der Waals surface area contributed by atoms with Crippen molar-refractivity contribution in [3.05, 3.63) is 0 Å². The Morgan fingerprint density at radius 3 is 2.75 bits per heavy atom. The SMILES string of the molecule is BC1(C)CCC2C(=S)N(C(C)C)CCC2C1. The molecule has 0 amide bonds. The first-order valence-electron chi connectivity index (χ1n) is 6.71. The third-order valence-corrected chi connectivity index (χ3v) is 5.02. The van der Waals surface area contributed by atoms with Gasteiger partial charge in [0.2, 0.25) is 0 Å². The van der Waals surface area contributed by atoms with E-state index in [0.29, 0.717) is 17.3 Å². The minimum absolute atomic E-state index is 0.552. The summed E-state index contributed by atoms with van der Waals surface area (Å²) in [5.41, 5.74) is 0. The summed E-state index contributed by atoms with van der Waals surface area (Å²) in [4.78, 5) is 3.72. The molecule has 0 N–H and O–H groups in total. The second-order valence-corrected chi connectivity index (χ2v) is 7.11. The van der Waals surface area contributed by atoms with E-state index in [-0.39, 0.29) is 0 Å². The van der Waals surface area contributed by atoms with Crippen LogP contribution in [-0.4, -0.2) is 30.3 Å². The smallest absolute Gasteiger partial charge is 0.109 e. The molecule has 90 valence electrons. The van der Waals surface area contributed by atoms with Crippen LogP contribution in [0.5, 0.6) is 0 Å². The van der Waals surface area contributed by atoms with Crippen molar-refractivity contribution in [2.75, 3.05) is 6.54 Å². The van der Waals surface area contributed by atoms with E-state index < -0.39 is 0 Å². The second kappa shape index (κ2) is 4.32. The molecule has 0 aromatic rings. The molecule has 0 spiro atoms. The molecular formula is C13H24BNS. The average molecular weight is 237 g/mol. The van der Waals surface area contributed by atoms with Crippen LogP contribution in [-0.2, 0) is 0 Å². The van der Waals surface area contributed by atoms with Crippen molar-refractivity contribution >= 4 is 25.1 Å². The molecule has 1 saturated carbocycles. The number of nitrogens with zero attached hydrogens (tertiary/aromatic N) is 1. The quantitative estimate of drug-likeness (QED) is 0.509. The van der Waals surface area contributed by atoms with Crippen molar-refractivity contribution in [2.24, 2.45) is 11.8 Å². The first-order valence-corrected chi connectivity index (χ1v) is 7.12. The number of rotatable bonds is 1. The van der Waals surface area contributed by atoms with E-state index in [1.807, 2.05) is 0 Å². The van der Waals surface area contributed by atoms with Gasteiger partial charge in [0.25, 0.3) is 0 Å². The number of likely N-dealkylation sites (tertiary alicyclic amines) is 1. The molecule has 0 radical (unpaired) electrons. The summed E-state index contributed by atoms with van der Waals surface area (Å²) in [6.07, 6.45) is 5.40. The summed E-state index contributed by atoms with van der Waals surface area (Å²) in [7, 11) is 2.42. The van der Waals surface area contributed by atoms with Gasteiger partial charge in [-0.05, 0) is 32.6 Å². The highest BCUT2D eigenvalue weighted by atomic mass is 32.1. The highest BCUT2D eigenvalue weighted by molar-refractivity contribution is 7.80. The Morgan fingerprint density at radius 2 is 2.12 bits per heavy atom. The number of fused-ring (bicyclic) bond motifs is 1. The maximum atomic E-state index is 5.70. The van der Waals surface area contributed by atoms with Crippen molar-refractivity contribution in [3.63, 3.8) is 0 Å². The molecule has 1 heterocycles. The van der Waals surface area contributed by atoms with Gasteiger partial charge in [-0.2, -0.15) is 0 Å². The molecule has 2 rings (SSSR count). The van der Waals surface area contributed by atoms with E-state index in [2.05, 4.69) is 33.5 Å². The van der Waals surface area contributed by atoms with Gasteiger partial charge in [-0.25, -0.2) is 0 Å². The van der Waals surface area contributed by atoms with E-state index in [4.69, 9.17) is 12.2 Å². The van der Waals surface area contributed by atoms with Crippen LogP contribution in [0.25, 0.3) is 0 Å². The molecule has 2 fully saturated rings. The molecule has 16 heavy (non-hydrogen) atoms. The minimum Gasteiger partial charge on any atom is -0.363 e. The van der Waals surface area contributed by atoms with Crippen molar-refractivity contribution in [1.82, 2.24) is 4.90 Å². The van der Waals surface area contributed by atoms with Gasteiger partial charge in [0, 0.05) is 18.5 Å². The molecule has 0 bridgehead atoms. The lowest BCUT2D eigenvalue weighted by Gasteiger charge is -2.48. The Bertz CT molecular complexity index is 288. The van der Waals surface area contributed by atoms with Gasteiger partial charge >= 0.3 is 0 Å². The summed E-state index contributed by atoms with van der Waals surface area (Å²) in [5, 5.41) is 0.552. The van der Waals surface area contributed by atoms with Gasteiger partial charge in [-0.3, -0.25) is 0 Å². The Kier molecular flexibility index (Phi) is 3.35. The maximum absolute atomic E-state index is 5.70. The van der Waals surface area contributed by atoms with Crippen molar-refractivity contribution in [1.29, 1.82) is 0 Å². The van der Waals surface area contributed by atoms with Crippen LogP contribution in [0.2, 0.25) is 5.31 Å². The summed E-state index contributed by atoms with van der Waals surface area (Å²) in [6.45, 7) is 8.13. The highest BCUT2D eigenvalue weighted by Gasteiger charge is 2.40. The maximum Gasteiger partial charge on any atom is 0.109 e. The van der Waals surface area contributed by atoms with Crippen LogP contribution in [0.3, 0.4) is 0 Å². The van der Waals surface area contributed by atoms with E-state index in [0.717, 1.165) is 5.92 Å². The normalized spacial score (nSPS) is 40.0. The Morgan fingerprint density at radius 1 is 1.44 bits per heavy atom. The minimum atomic E-state index is 0.552. The summed E-state index contributed by atoms with van der Waals surface area (Å²) in [5.74, 6) is 1.57. The summed E-state index contributed by atoms with van der Waals surface area (Å²) >= 11 is 5.70. The lowest BCUT2D eigenvalue weighted by molar-refractivity contribution is 0.167. The van der Waals surface area contributed by atoms with Gasteiger partial charge in [-0.15, -0.1) is 0 Å². The fourth-order valence-electron chi connectivity index (χ4n) is 3.51. The molecule has 3 unspecified atom stereocenters.